The van der Waals surface area contributed by atoms with E-state index in [1.807, 2.05) is 30.3 Å². The molecule has 1 heterocycles. The maximum absolute atomic E-state index is 13.1. The zero-order valence-corrected chi connectivity index (χ0v) is 19.6. The van der Waals surface area contributed by atoms with Gasteiger partial charge in [-0.15, -0.1) is 0 Å². The lowest BCUT2D eigenvalue weighted by Gasteiger charge is -2.25. The maximum atomic E-state index is 13.1. The molecule has 0 radical (unpaired) electrons. The molecule has 1 aliphatic heterocycles. The van der Waals surface area contributed by atoms with Gasteiger partial charge in [-0.1, -0.05) is 42.5 Å². The Labute approximate surface area is 203 Å². The molecule has 1 aliphatic rings. The van der Waals surface area contributed by atoms with E-state index in [9.17, 15) is 19.8 Å². The van der Waals surface area contributed by atoms with Gasteiger partial charge >= 0.3 is 0 Å². The second-order valence-corrected chi connectivity index (χ2v) is 8.33. The third kappa shape index (κ3) is 5.05. The molecule has 0 bridgehead atoms. The minimum atomic E-state index is -0.806. The fraction of sp³-hybridized carbons (Fsp3) is 0.214. The summed E-state index contributed by atoms with van der Waals surface area (Å²) in [5.41, 5.74) is 2.76. The van der Waals surface area contributed by atoms with E-state index in [4.69, 9.17) is 9.47 Å². The molecule has 180 valence electrons. The van der Waals surface area contributed by atoms with Crippen LogP contribution >= 0.6 is 0 Å². The number of Topliss-reactive ketones (excluding diaryl/α,β-unsaturated/α-hetero) is 1. The number of benzene rings is 3. The number of nitrogens with zero attached hydrogens (tertiary/aromatic N) is 1. The van der Waals surface area contributed by atoms with Crippen molar-refractivity contribution in [2.75, 3.05) is 20.3 Å². The molecular weight excluding hydrogens is 446 g/mol. The largest absolute Gasteiger partial charge is 0.508 e. The van der Waals surface area contributed by atoms with Gasteiger partial charge < -0.3 is 24.6 Å². The highest BCUT2D eigenvalue weighted by atomic mass is 16.5. The summed E-state index contributed by atoms with van der Waals surface area (Å²) in [6.45, 7) is 2.61. The molecule has 1 saturated heterocycles. The van der Waals surface area contributed by atoms with Crippen molar-refractivity contribution in [2.45, 2.75) is 19.6 Å². The Balaban J connectivity index is 1.70. The van der Waals surface area contributed by atoms with Gasteiger partial charge in [0.25, 0.3) is 11.7 Å². The van der Waals surface area contributed by atoms with Crippen molar-refractivity contribution >= 4 is 17.4 Å². The molecule has 0 unspecified atom stereocenters. The Morgan fingerprint density at radius 1 is 1.00 bits per heavy atom. The molecule has 2 N–H and O–H groups in total. The third-order valence-corrected chi connectivity index (χ3v) is 5.99. The Morgan fingerprint density at radius 3 is 2.37 bits per heavy atom. The first-order chi connectivity index (χ1) is 16.9. The lowest BCUT2D eigenvalue weighted by atomic mass is 9.94. The van der Waals surface area contributed by atoms with Crippen LogP contribution < -0.4 is 4.74 Å². The average molecular weight is 474 g/mol. The molecule has 0 spiro atoms. The van der Waals surface area contributed by atoms with Crippen LogP contribution in [0.3, 0.4) is 0 Å². The number of phenolic OH excluding ortho intramolecular Hbond substituents is 1. The highest BCUT2D eigenvalue weighted by molar-refractivity contribution is 6.46. The van der Waals surface area contributed by atoms with E-state index in [0.717, 1.165) is 5.56 Å². The number of ketones is 1. The molecule has 7 heteroatoms. The number of amides is 1. The number of rotatable bonds is 8. The predicted octanol–water partition coefficient (Wildman–Crippen LogP) is 4.35. The van der Waals surface area contributed by atoms with Gasteiger partial charge in [0.2, 0.25) is 0 Å². The molecule has 0 aromatic heterocycles. The van der Waals surface area contributed by atoms with E-state index in [1.54, 1.807) is 37.3 Å². The van der Waals surface area contributed by atoms with Crippen LogP contribution in [-0.4, -0.2) is 47.1 Å². The molecule has 7 nitrogen and oxygen atoms in total. The summed E-state index contributed by atoms with van der Waals surface area (Å²) in [5, 5.41) is 21.0. The highest BCUT2D eigenvalue weighted by Gasteiger charge is 2.46. The SMILES string of the molecule is COCCN1C(=O)C(=O)/C(=C(\O)c2ccc(OCc3ccccc3)cc2C)[C@H]1c1ccc(O)cc1. The van der Waals surface area contributed by atoms with Gasteiger partial charge in [0, 0.05) is 19.2 Å². The first kappa shape index (κ1) is 24.0. The van der Waals surface area contributed by atoms with Crippen LogP contribution in [0.2, 0.25) is 0 Å². The second-order valence-electron chi connectivity index (χ2n) is 8.33. The van der Waals surface area contributed by atoms with Gasteiger partial charge in [0.1, 0.15) is 23.9 Å². The first-order valence-electron chi connectivity index (χ1n) is 11.2. The summed E-state index contributed by atoms with van der Waals surface area (Å²) in [4.78, 5) is 27.3. The lowest BCUT2D eigenvalue weighted by molar-refractivity contribution is -0.140. The van der Waals surface area contributed by atoms with Gasteiger partial charge in [-0.3, -0.25) is 9.59 Å². The van der Waals surface area contributed by atoms with Crippen LogP contribution in [0, 0.1) is 6.92 Å². The normalized spacial score (nSPS) is 17.1. The van der Waals surface area contributed by atoms with Crippen molar-refractivity contribution in [3.63, 3.8) is 0 Å². The Hall–Kier alpha value is -4.10. The van der Waals surface area contributed by atoms with Crippen molar-refractivity contribution in [3.8, 4) is 11.5 Å². The number of hydrogen-bond acceptors (Lipinski definition) is 6. The molecule has 0 saturated carbocycles. The molecule has 3 aromatic carbocycles. The van der Waals surface area contributed by atoms with Gasteiger partial charge in [0.05, 0.1) is 18.2 Å². The number of carbonyl (C=O) groups is 2. The number of aromatic hydroxyl groups is 1. The summed E-state index contributed by atoms with van der Waals surface area (Å²) in [5.74, 6) is -1.04. The lowest BCUT2D eigenvalue weighted by Crippen LogP contribution is -2.32. The van der Waals surface area contributed by atoms with Gasteiger partial charge in [-0.05, 0) is 53.9 Å². The number of aliphatic hydroxyl groups is 1. The van der Waals surface area contributed by atoms with Crippen molar-refractivity contribution in [2.24, 2.45) is 0 Å². The van der Waals surface area contributed by atoms with Crippen molar-refractivity contribution in [1.29, 1.82) is 0 Å². The Kier molecular flexibility index (Phi) is 7.17. The molecule has 1 amide bonds. The smallest absolute Gasteiger partial charge is 0.295 e. The number of aryl methyl sites for hydroxylation is 1. The zero-order chi connectivity index (χ0) is 24.9. The number of hydrogen-bond donors (Lipinski definition) is 2. The summed E-state index contributed by atoms with van der Waals surface area (Å²) in [7, 11) is 1.51. The average Bonchev–Trinajstić information content (AvgIpc) is 3.12. The number of carbonyl (C=O) groups excluding carboxylic acids is 2. The molecule has 1 atom stereocenters. The van der Waals surface area contributed by atoms with E-state index >= 15 is 0 Å². The first-order valence-corrected chi connectivity index (χ1v) is 11.2. The summed E-state index contributed by atoms with van der Waals surface area (Å²) in [6.07, 6.45) is 0. The monoisotopic (exact) mass is 473 g/mol. The second kappa shape index (κ2) is 10.4. The fourth-order valence-corrected chi connectivity index (χ4v) is 4.18. The molecule has 0 aliphatic carbocycles. The molecule has 3 aromatic rings. The van der Waals surface area contributed by atoms with Crippen LogP contribution in [0.25, 0.3) is 5.76 Å². The summed E-state index contributed by atoms with van der Waals surface area (Å²) < 4.78 is 11.0. The van der Waals surface area contributed by atoms with Crippen LogP contribution in [-0.2, 0) is 20.9 Å². The van der Waals surface area contributed by atoms with Crippen molar-refractivity contribution in [1.82, 2.24) is 4.90 Å². The van der Waals surface area contributed by atoms with Crippen LogP contribution in [0.15, 0.2) is 78.4 Å². The number of aliphatic hydroxyl groups excluding tert-OH is 1. The summed E-state index contributed by atoms with van der Waals surface area (Å²) >= 11 is 0. The minimum absolute atomic E-state index is 0.00199. The van der Waals surface area contributed by atoms with E-state index in [0.29, 0.717) is 29.0 Å². The molecule has 1 fully saturated rings. The maximum Gasteiger partial charge on any atom is 0.295 e. The topological polar surface area (TPSA) is 96.3 Å². The van der Waals surface area contributed by atoms with E-state index in [-0.39, 0.29) is 30.2 Å². The van der Waals surface area contributed by atoms with Crippen LogP contribution in [0.4, 0.5) is 0 Å². The predicted molar refractivity (Wildman–Crippen MR) is 131 cm³/mol. The van der Waals surface area contributed by atoms with Gasteiger partial charge in [-0.2, -0.15) is 0 Å². The molecular formula is C28H27NO6. The van der Waals surface area contributed by atoms with Gasteiger partial charge in [0.15, 0.2) is 0 Å². The molecule has 35 heavy (non-hydrogen) atoms. The molecule has 4 rings (SSSR count). The standard InChI is InChI=1S/C28H27NO6/c1-18-16-22(35-17-19-6-4-3-5-7-19)12-13-23(18)26(31)24-25(20-8-10-21(30)11-9-20)29(14-15-34-2)28(33)27(24)32/h3-13,16,25,30-31H,14-15,17H2,1-2H3/b26-24-/t25-/m1/s1. The quantitative estimate of drug-likeness (QED) is 0.287. The van der Waals surface area contributed by atoms with Crippen molar-refractivity contribution in [3.05, 3.63) is 101 Å². The fourth-order valence-electron chi connectivity index (χ4n) is 4.18. The minimum Gasteiger partial charge on any atom is -0.508 e. The van der Waals surface area contributed by atoms with E-state index in [2.05, 4.69) is 0 Å². The Morgan fingerprint density at radius 2 is 1.71 bits per heavy atom. The number of methoxy groups -OCH3 is 1. The Bertz CT molecular complexity index is 1250. The number of likely N-dealkylation sites (tertiary alicyclic amines) is 1. The highest BCUT2D eigenvalue weighted by Crippen LogP contribution is 2.40. The summed E-state index contributed by atoms with van der Waals surface area (Å²) in [6, 6.07) is 20.4. The third-order valence-electron chi connectivity index (χ3n) is 5.99. The van der Waals surface area contributed by atoms with Crippen molar-refractivity contribution < 1.29 is 29.3 Å². The number of phenols is 1. The zero-order valence-electron chi connectivity index (χ0n) is 19.6. The van der Waals surface area contributed by atoms with Crippen LogP contribution in [0.5, 0.6) is 11.5 Å². The van der Waals surface area contributed by atoms with Gasteiger partial charge in [-0.25, -0.2) is 0 Å². The van der Waals surface area contributed by atoms with Crippen LogP contribution in [0.1, 0.15) is 28.3 Å². The van der Waals surface area contributed by atoms with E-state index in [1.165, 1.54) is 24.1 Å². The van der Waals surface area contributed by atoms with E-state index < -0.39 is 17.7 Å². The number of ether oxygens (including phenoxy) is 2.